The van der Waals surface area contributed by atoms with E-state index in [1.807, 2.05) is 24.3 Å². The number of methoxy groups -OCH3 is 1. The van der Waals surface area contributed by atoms with Crippen LogP contribution in [0, 0.1) is 0 Å². The number of carbonyl (C=O) groups is 1. The van der Waals surface area contributed by atoms with E-state index in [2.05, 4.69) is 4.72 Å². The van der Waals surface area contributed by atoms with Gasteiger partial charge in [-0.15, -0.1) is 0 Å². The normalized spacial score (nSPS) is 12.7. The number of ether oxygens (including phenoxy) is 3. The number of hydrogen-bond acceptors (Lipinski definition) is 6. The summed E-state index contributed by atoms with van der Waals surface area (Å²) in [6, 6.07) is 18.3. The molecular weight excluding hydrogens is 444 g/mol. The molecule has 1 aliphatic rings. The van der Waals surface area contributed by atoms with Crippen molar-refractivity contribution in [1.29, 1.82) is 0 Å². The first-order valence-corrected chi connectivity index (χ1v) is 11.8. The Labute approximate surface area is 192 Å². The summed E-state index contributed by atoms with van der Waals surface area (Å²) in [5.74, 6) is 1.33. The second kappa shape index (κ2) is 9.41. The van der Waals surface area contributed by atoms with Crippen molar-refractivity contribution in [3.63, 3.8) is 0 Å². The molecule has 0 unspecified atom stereocenters. The smallest absolute Gasteiger partial charge is 0.262 e. The molecule has 0 bridgehead atoms. The molecule has 172 valence electrons. The molecule has 3 aromatic rings. The molecule has 0 aliphatic carbocycles. The maximum Gasteiger partial charge on any atom is 0.262 e. The van der Waals surface area contributed by atoms with E-state index in [0.717, 1.165) is 5.56 Å². The summed E-state index contributed by atoms with van der Waals surface area (Å²) < 4.78 is 44.6. The van der Waals surface area contributed by atoms with Crippen LogP contribution < -0.4 is 18.9 Å². The van der Waals surface area contributed by atoms with Gasteiger partial charge in [0.25, 0.3) is 15.9 Å². The molecule has 0 aromatic heterocycles. The van der Waals surface area contributed by atoms with E-state index in [1.54, 1.807) is 43.3 Å². The molecule has 0 spiro atoms. The average molecular weight is 469 g/mol. The number of anilines is 1. The van der Waals surface area contributed by atoms with E-state index in [1.165, 1.54) is 18.2 Å². The van der Waals surface area contributed by atoms with Crippen molar-refractivity contribution in [3.05, 3.63) is 77.9 Å². The lowest BCUT2D eigenvalue weighted by Gasteiger charge is -2.20. The van der Waals surface area contributed by atoms with Gasteiger partial charge in [-0.1, -0.05) is 24.3 Å². The minimum Gasteiger partial charge on any atom is -0.496 e. The summed E-state index contributed by atoms with van der Waals surface area (Å²) >= 11 is 0. The zero-order valence-electron chi connectivity index (χ0n) is 18.3. The second-order valence-electron chi connectivity index (χ2n) is 7.46. The predicted octanol–water partition coefficient (Wildman–Crippen LogP) is 3.54. The fourth-order valence-electron chi connectivity index (χ4n) is 3.50. The van der Waals surface area contributed by atoms with E-state index >= 15 is 0 Å². The first-order chi connectivity index (χ1) is 15.9. The Bertz CT molecular complexity index is 1280. The van der Waals surface area contributed by atoms with Gasteiger partial charge in [0.05, 0.1) is 12.0 Å². The van der Waals surface area contributed by atoms with Gasteiger partial charge < -0.3 is 19.1 Å². The van der Waals surface area contributed by atoms with E-state index < -0.39 is 10.0 Å². The molecule has 33 heavy (non-hydrogen) atoms. The standard InChI is InChI=1S/C24H24N2O6S/c1-26(16-18-6-3-4-9-21(18)30-2)24(27)17-7-5-8-19(14-17)25-33(28,29)20-10-11-22-23(15-20)32-13-12-31-22/h3-11,14-15,25H,12-13,16H2,1-2H3. The van der Waals surface area contributed by atoms with Crippen LogP contribution in [0.2, 0.25) is 0 Å². The number of rotatable bonds is 7. The van der Waals surface area contributed by atoms with Gasteiger partial charge in [0.1, 0.15) is 19.0 Å². The Balaban J connectivity index is 1.51. The van der Waals surface area contributed by atoms with Crippen molar-refractivity contribution in [2.75, 3.05) is 32.1 Å². The molecule has 0 radical (unpaired) electrons. The number of hydrogen-bond donors (Lipinski definition) is 1. The van der Waals surface area contributed by atoms with Crippen LogP contribution in [-0.2, 0) is 16.6 Å². The highest BCUT2D eigenvalue weighted by Gasteiger charge is 2.20. The SMILES string of the molecule is COc1ccccc1CN(C)C(=O)c1cccc(NS(=O)(=O)c2ccc3c(c2)OCCO3)c1. The number of para-hydroxylation sites is 1. The van der Waals surface area contributed by atoms with Crippen LogP contribution in [0.15, 0.2) is 71.6 Å². The summed E-state index contributed by atoms with van der Waals surface area (Å²) in [7, 11) is -0.631. The van der Waals surface area contributed by atoms with Crippen LogP contribution in [0.1, 0.15) is 15.9 Å². The van der Waals surface area contributed by atoms with Crippen molar-refractivity contribution in [2.24, 2.45) is 0 Å². The maximum atomic E-state index is 13.0. The fraction of sp³-hybridized carbons (Fsp3) is 0.208. The molecule has 0 atom stereocenters. The van der Waals surface area contributed by atoms with Gasteiger partial charge in [-0.05, 0) is 36.4 Å². The lowest BCUT2D eigenvalue weighted by atomic mass is 10.1. The van der Waals surface area contributed by atoms with Crippen LogP contribution in [0.5, 0.6) is 17.2 Å². The summed E-state index contributed by atoms with van der Waals surface area (Å²) in [6.07, 6.45) is 0. The molecule has 9 heteroatoms. The largest absolute Gasteiger partial charge is 0.496 e. The maximum absolute atomic E-state index is 13.0. The molecule has 4 rings (SSSR count). The Morgan fingerprint density at radius 3 is 2.55 bits per heavy atom. The molecule has 3 aromatic carbocycles. The number of nitrogens with zero attached hydrogens (tertiary/aromatic N) is 1. The number of sulfonamides is 1. The van der Waals surface area contributed by atoms with Gasteiger partial charge in [0.2, 0.25) is 0 Å². The molecule has 1 aliphatic heterocycles. The lowest BCUT2D eigenvalue weighted by Crippen LogP contribution is -2.26. The first kappa shape index (κ1) is 22.5. The minimum absolute atomic E-state index is 0.0387. The Morgan fingerprint density at radius 2 is 1.76 bits per heavy atom. The van der Waals surface area contributed by atoms with Gasteiger partial charge in [-0.2, -0.15) is 0 Å². The average Bonchev–Trinajstić information content (AvgIpc) is 2.83. The summed E-state index contributed by atoms with van der Waals surface area (Å²) in [6.45, 7) is 1.12. The van der Waals surface area contributed by atoms with Crippen LogP contribution >= 0.6 is 0 Å². The topological polar surface area (TPSA) is 94.2 Å². The summed E-state index contributed by atoms with van der Waals surface area (Å²) in [5.41, 5.74) is 1.50. The Morgan fingerprint density at radius 1 is 1.00 bits per heavy atom. The van der Waals surface area contributed by atoms with Gasteiger partial charge >= 0.3 is 0 Å². The van der Waals surface area contributed by atoms with Crippen LogP contribution in [0.25, 0.3) is 0 Å². The third-order valence-corrected chi connectivity index (χ3v) is 6.51. The zero-order chi connectivity index (χ0) is 23.4. The van der Waals surface area contributed by atoms with Crippen LogP contribution in [0.4, 0.5) is 5.69 Å². The number of benzene rings is 3. The van der Waals surface area contributed by atoms with E-state index in [4.69, 9.17) is 14.2 Å². The molecule has 0 saturated carbocycles. The lowest BCUT2D eigenvalue weighted by molar-refractivity contribution is 0.0784. The molecule has 8 nitrogen and oxygen atoms in total. The van der Waals surface area contributed by atoms with Crippen molar-refractivity contribution in [1.82, 2.24) is 4.90 Å². The van der Waals surface area contributed by atoms with Gasteiger partial charge in [-0.25, -0.2) is 8.42 Å². The highest BCUT2D eigenvalue weighted by Crippen LogP contribution is 2.32. The van der Waals surface area contributed by atoms with Gasteiger partial charge in [0, 0.05) is 36.5 Å². The molecule has 0 fully saturated rings. The molecule has 0 saturated heterocycles. The van der Waals surface area contributed by atoms with Crippen molar-refractivity contribution >= 4 is 21.6 Å². The van der Waals surface area contributed by atoms with Crippen LogP contribution in [-0.4, -0.2) is 46.6 Å². The zero-order valence-corrected chi connectivity index (χ0v) is 19.1. The van der Waals surface area contributed by atoms with E-state index in [9.17, 15) is 13.2 Å². The van der Waals surface area contributed by atoms with E-state index in [-0.39, 0.29) is 16.5 Å². The van der Waals surface area contributed by atoms with Gasteiger partial charge in [0.15, 0.2) is 11.5 Å². The molecule has 1 N–H and O–H groups in total. The quantitative estimate of drug-likeness (QED) is 0.570. The third-order valence-electron chi connectivity index (χ3n) is 5.13. The molecule has 1 heterocycles. The predicted molar refractivity (Wildman–Crippen MR) is 123 cm³/mol. The molecule has 1 amide bonds. The van der Waals surface area contributed by atoms with Crippen molar-refractivity contribution in [2.45, 2.75) is 11.4 Å². The number of carbonyl (C=O) groups excluding carboxylic acids is 1. The Hall–Kier alpha value is -3.72. The monoisotopic (exact) mass is 468 g/mol. The second-order valence-corrected chi connectivity index (χ2v) is 9.15. The number of nitrogens with one attached hydrogen (secondary N) is 1. The minimum atomic E-state index is -3.89. The molecular formula is C24H24N2O6S. The highest BCUT2D eigenvalue weighted by molar-refractivity contribution is 7.92. The number of fused-ring (bicyclic) bond motifs is 1. The van der Waals surface area contributed by atoms with Crippen molar-refractivity contribution in [3.8, 4) is 17.2 Å². The first-order valence-electron chi connectivity index (χ1n) is 10.3. The van der Waals surface area contributed by atoms with E-state index in [0.29, 0.717) is 42.6 Å². The van der Waals surface area contributed by atoms with Crippen LogP contribution in [0.3, 0.4) is 0 Å². The summed E-state index contributed by atoms with van der Waals surface area (Å²) in [4.78, 5) is 14.6. The fourth-order valence-corrected chi connectivity index (χ4v) is 4.57. The third kappa shape index (κ3) is 5.04. The Kier molecular flexibility index (Phi) is 6.41. The number of amides is 1. The van der Waals surface area contributed by atoms with Crippen molar-refractivity contribution < 1.29 is 27.4 Å². The van der Waals surface area contributed by atoms with Gasteiger partial charge in [-0.3, -0.25) is 9.52 Å². The highest BCUT2D eigenvalue weighted by atomic mass is 32.2. The summed E-state index contributed by atoms with van der Waals surface area (Å²) in [5, 5.41) is 0.